The lowest BCUT2D eigenvalue weighted by Gasteiger charge is -2.09. The fourth-order valence-corrected chi connectivity index (χ4v) is 4.24. The minimum atomic E-state index is -3.70. The summed E-state index contributed by atoms with van der Waals surface area (Å²) in [7, 11) is -3.70. The summed E-state index contributed by atoms with van der Waals surface area (Å²) in [6.07, 6.45) is 3.57. The number of anilines is 1. The Morgan fingerprint density at radius 3 is 2.33 bits per heavy atom. The Labute approximate surface area is 162 Å². The average molecular weight is 399 g/mol. The van der Waals surface area contributed by atoms with E-state index in [2.05, 4.69) is 9.71 Å². The van der Waals surface area contributed by atoms with Crippen molar-refractivity contribution in [3.63, 3.8) is 0 Å². The second kappa shape index (κ2) is 8.37. The molecule has 0 fully saturated rings. The van der Waals surface area contributed by atoms with Crippen LogP contribution < -0.4 is 4.72 Å². The van der Waals surface area contributed by atoms with Gasteiger partial charge in [-0.1, -0.05) is 18.2 Å². The standard InChI is InChI=1S/C20H18N2O3S2/c1-15(23)17-4-10-20(11-5-17)27(24,25)22-18-6-8-19(9-7-18)26-14-16-3-2-12-21-13-16/h2-13,22H,14H2,1H3. The Morgan fingerprint density at radius 1 is 1.04 bits per heavy atom. The molecule has 0 amide bonds. The van der Waals surface area contributed by atoms with E-state index in [0.29, 0.717) is 11.3 Å². The first-order chi connectivity index (χ1) is 12.9. The molecule has 27 heavy (non-hydrogen) atoms. The van der Waals surface area contributed by atoms with E-state index in [1.165, 1.54) is 31.2 Å². The molecule has 0 saturated heterocycles. The van der Waals surface area contributed by atoms with Crippen LogP contribution in [0.4, 0.5) is 5.69 Å². The zero-order chi connectivity index (χ0) is 19.3. The lowest BCUT2D eigenvalue weighted by Crippen LogP contribution is -2.13. The first-order valence-corrected chi connectivity index (χ1v) is 10.7. The molecule has 138 valence electrons. The lowest BCUT2D eigenvalue weighted by molar-refractivity contribution is 0.101. The zero-order valence-electron chi connectivity index (χ0n) is 14.6. The minimum Gasteiger partial charge on any atom is -0.295 e. The molecule has 0 bridgehead atoms. The number of aromatic nitrogens is 1. The number of pyridine rings is 1. The molecule has 1 N–H and O–H groups in total. The second-order valence-electron chi connectivity index (χ2n) is 5.86. The summed E-state index contributed by atoms with van der Waals surface area (Å²) in [6.45, 7) is 1.44. The second-order valence-corrected chi connectivity index (χ2v) is 8.59. The van der Waals surface area contributed by atoms with Gasteiger partial charge in [0.1, 0.15) is 0 Å². The number of nitrogens with zero attached hydrogens (tertiary/aromatic N) is 1. The highest BCUT2D eigenvalue weighted by molar-refractivity contribution is 7.98. The number of sulfonamides is 1. The minimum absolute atomic E-state index is 0.105. The molecule has 5 nitrogen and oxygen atoms in total. The molecule has 0 saturated carbocycles. The van der Waals surface area contributed by atoms with Gasteiger partial charge in [-0.25, -0.2) is 8.42 Å². The van der Waals surface area contributed by atoms with E-state index in [4.69, 9.17) is 0 Å². The third-order valence-electron chi connectivity index (χ3n) is 3.81. The molecule has 0 atom stereocenters. The molecule has 0 aliphatic rings. The molecule has 7 heteroatoms. The predicted molar refractivity (Wildman–Crippen MR) is 107 cm³/mol. The van der Waals surface area contributed by atoms with Gasteiger partial charge >= 0.3 is 0 Å². The van der Waals surface area contributed by atoms with Gasteiger partial charge in [-0.2, -0.15) is 0 Å². The Balaban J connectivity index is 1.65. The summed E-state index contributed by atoms with van der Waals surface area (Å²) in [6, 6.07) is 17.0. The van der Waals surface area contributed by atoms with Crippen LogP contribution in [0.25, 0.3) is 0 Å². The summed E-state index contributed by atoms with van der Waals surface area (Å²) in [4.78, 5) is 16.5. The van der Waals surface area contributed by atoms with Crippen molar-refractivity contribution in [3.8, 4) is 0 Å². The number of carbonyl (C=O) groups excluding carboxylic acids is 1. The Morgan fingerprint density at radius 2 is 1.74 bits per heavy atom. The van der Waals surface area contributed by atoms with Gasteiger partial charge in [-0.3, -0.25) is 14.5 Å². The quantitative estimate of drug-likeness (QED) is 0.472. The number of benzene rings is 2. The van der Waals surface area contributed by atoms with E-state index in [1.807, 2.05) is 30.5 Å². The van der Waals surface area contributed by atoms with E-state index < -0.39 is 10.0 Å². The molecular weight excluding hydrogens is 380 g/mol. The van der Waals surface area contributed by atoms with Crippen molar-refractivity contribution in [1.29, 1.82) is 0 Å². The smallest absolute Gasteiger partial charge is 0.261 e. The lowest BCUT2D eigenvalue weighted by atomic mass is 10.2. The van der Waals surface area contributed by atoms with Crippen LogP contribution in [0.5, 0.6) is 0 Å². The van der Waals surface area contributed by atoms with Gasteiger partial charge in [0.15, 0.2) is 5.78 Å². The average Bonchev–Trinajstić information content (AvgIpc) is 2.68. The normalized spacial score (nSPS) is 11.1. The number of hydrogen-bond acceptors (Lipinski definition) is 5. The molecule has 3 rings (SSSR count). The number of hydrogen-bond donors (Lipinski definition) is 1. The van der Waals surface area contributed by atoms with Crippen LogP contribution in [0, 0.1) is 0 Å². The molecule has 3 aromatic rings. The highest BCUT2D eigenvalue weighted by atomic mass is 32.2. The summed E-state index contributed by atoms with van der Waals surface area (Å²) >= 11 is 1.65. The van der Waals surface area contributed by atoms with Crippen molar-refractivity contribution in [2.24, 2.45) is 0 Å². The molecule has 0 unspecified atom stereocenters. The first kappa shape index (κ1) is 19.1. The maximum Gasteiger partial charge on any atom is 0.261 e. The monoisotopic (exact) mass is 398 g/mol. The van der Waals surface area contributed by atoms with Gasteiger partial charge in [-0.05, 0) is 55.0 Å². The molecule has 1 aromatic heterocycles. The number of carbonyl (C=O) groups is 1. The van der Waals surface area contributed by atoms with Gasteiger partial charge in [0, 0.05) is 34.3 Å². The molecule has 1 heterocycles. The fraction of sp³-hybridized carbons (Fsp3) is 0.100. The number of nitrogens with one attached hydrogen (secondary N) is 1. The van der Waals surface area contributed by atoms with E-state index in [-0.39, 0.29) is 10.7 Å². The van der Waals surface area contributed by atoms with Crippen LogP contribution in [0.1, 0.15) is 22.8 Å². The van der Waals surface area contributed by atoms with Crippen LogP contribution in [0.2, 0.25) is 0 Å². The molecule has 0 radical (unpaired) electrons. The SMILES string of the molecule is CC(=O)c1ccc(S(=O)(=O)Nc2ccc(SCc3cccnc3)cc2)cc1. The van der Waals surface area contributed by atoms with Gasteiger partial charge in [0.2, 0.25) is 0 Å². The largest absolute Gasteiger partial charge is 0.295 e. The molecular formula is C20H18N2O3S2. The summed E-state index contributed by atoms with van der Waals surface area (Å²) in [5.41, 5.74) is 2.08. The van der Waals surface area contributed by atoms with E-state index in [1.54, 1.807) is 30.1 Å². The Bertz CT molecular complexity index is 1020. The number of Topliss-reactive ketones (excluding diaryl/α,β-unsaturated/α-hetero) is 1. The summed E-state index contributed by atoms with van der Waals surface area (Å²) < 4.78 is 27.5. The maximum atomic E-state index is 12.5. The van der Waals surface area contributed by atoms with Crippen LogP contribution in [-0.4, -0.2) is 19.2 Å². The van der Waals surface area contributed by atoms with E-state index in [9.17, 15) is 13.2 Å². The number of rotatable bonds is 7. The molecule has 0 spiro atoms. The van der Waals surface area contributed by atoms with Crippen molar-refractivity contribution in [2.45, 2.75) is 22.5 Å². The fourth-order valence-electron chi connectivity index (χ4n) is 2.35. The van der Waals surface area contributed by atoms with Crippen molar-refractivity contribution in [1.82, 2.24) is 4.98 Å². The predicted octanol–water partition coefficient (Wildman–Crippen LogP) is 4.38. The van der Waals surface area contributed by atoms with E-state index >= 15 is 0 Å². The van der Waals surface area contributed by atoms with Crippen molar-refractivity contribution >= 4 is 33.3 Å². The van der Waals surface area contributed by atoms with Crippen LogP contribution in [0.3, 0.4) is 0 Å². The zero-order valence-corrected chi connectivity index (χ0v) is 16.3. The van der Waals surface area contributed by atoms with Gasteiger partial charge in [0.25, 0.3) is 10.0 Å². The maximum absolute atomic E-state index is 12.5. The van der Waals surface area contributed by atoms with Crippen LogP contribution >= 0.6 is 11.8 Å². The summed E-state index contributed by atoms with van der Waals surface area (Å²) in [5.74, 6) is 0.688. The topological polar surface area (TPSA) is 76.1 Å². The molecule has 0 aliphatic heterocycles. The van der Waals surface area contributed by atoms with Crippen molar-refractivity contribution in [2.75, 3.05) is 4.72 Å². The third-order valence-corrected chi connectivity index (χ3v) is 6.29. The molecule has 0 aliphatic carbocycles. The van der Waals surface area contributed by atoms with Crippen molar-refractivity contribution in [3.05, 3.63) is 84.2 Å². The third kappa shape index (κ3) is 5.18. The highest BCUT2D eigenvalue weighted by Crippen LogP contribution is 2.25. The Kier molecular flexibility index (Phi) is 5.93. The van der Waals surface area contributed by atoms with Crippen LogP contribution in [-0.2, 0) is 15.8 Å². The van der Waals surface area contributed by atoms with Crippen LogP contribution in [0.15, 0.2) is 82.8 Å². The van der Waals surface area contributed by atoms with Crippen molar-refractivity contribution < 1.29 is 13.2 Å². The highest BCUT2D eigenvalue weighted by Gasteiger charge is 2.14. The molecule has 2 aromatic carbocycles. The number of thioether (sulfide) groups is 1. The van der Waals surface area contributed by atoms with Gasteiger partial charge in [0.05, 0.1) is 4.90 Å². The number of ketones is 1. The van der Waals surface area contributed by atoms with Gasteiger partial charge in [-0.15, -0.1) is 11.8 Å². The van der Waals surface area contributed by atoms with E-state index in [0.717, 1.165) is 16.2 Å². The van der Waals surface area contributed by atoms with Gasteiger partial charge < -0.3 is 0 Å². The summed E-state index contributed by atoms with van der Waals surface area (Å²) in [5, 5.41) is 0. The first-order valence-electron chi connectivity index (χ1n) is 8.20. The Hall–Kier alpha value is -2.64.